The van der Waals surface area contributed by atoms with Crippen molar-refractivity contribution in [3.05, 3.63) is 30.1 Å². The van der Waals surface area contributed by atoms with Gasteiger partial charge in [0.2, 0.25) is 0 Å². The van der Waals surface area contributed by atoms with Crippen molar-refractivity contribution in [2.24, 2.45) is 0 Å². The second-order valence-electron chi connectivity index (χ2n) is 4.27. The van der Waals surface area contributed by atoms with Crippen molar-refractivity contribution in [1.29, 1.82) is 0 Å². The number of rotatable bonds is 7. The van der Waals surface area contributed by atoms with Crippen LogP contribution in [0.15, 0.2) is 29.2 Å². The van der Waals surface area contributed by atoms with Gasteiger partial charge in [-0.1, -0.05) is 26.0 Å². The van der Waals surface area contributed by atoms with Gasteiger partial charge in [0.05, 0.1) is 6.61 Å². The van der Waals surface area contributed by atoms with Crippen LogP contribution in [0.25, 0.3) is 0 Å². The first-order valence-electron chi connectivity index (χ1n) is 5.87. The molecule has 0 saturated heterocycles. The van der Waals surface area contributed by atoms with Gasteiger partial charge < -0.3 is 10.4 Å². The highest BCUT2D eigenvalue weighted by atomic mass is 32.2. The van der Waals surface area contributed by atoms with Crippen LogP contribution < -0.4 is 5.32 Å². The van der Waals surface area contributed by atoms with Gasteiger partial charge in [-0.3, -0.25) is 0 Å². The van der Waals surface area contributed by atoms with Crippen LogP contribution in [0.5, 0.6) is 0 Å². The average molecular weight is 257 g/mol. The van der Waals surface area contributed by atoms with Crippen LogP contribution in [0.1, 0.15) is 20.3 Å². The standard InChI is InChI=1S/C13H20FNOS/c1-10(2)15-11(9-16)7-8-17-13-6-4-3-5-12(13)14/h3-6,10-11,15-16H,7-9H2,1-2H3. The van der Waals surface area contributed by atoms with Gasteiger partial charge in [0.25, 0.3) is 0 Å². The molecule has 2 N–H and O–H groups in total. The van der Waals surface area contributed by atoms with Gasteiger partial charge in [-0.15, -0.1) is 11.8 Å². The molecular weight excluding hydrogens is 237 g/mol. The third kappa shape index (κ3) is 5.52. The molecule has 2 nitrogen and oxygen atoms in total. The highest BCUT2D eigenvalue weighted by molar-refractivity contribution is 7.99. The quantitative estimate of drug-likeness (QED) is 0.737. The van der Waals surface area contributed by atoms with Crippen molar-refractivity contribution < 1.29 is 9.50 Å². The molecule has 17 heavy (non-hydrogen) atoms. The fourth-order valence-corrected chi connectivity index (χ4v) is 2.57. The lowest BCUT2D eigenvalue weighted by atomic mass is 10.2. The molecule has 0 heterocycles. The lowest BCUT2D eigenvalue weighted by Gasteiger charge is -2.18. The number of hydrogen-bond acceptors (Lipinski definition) is 3. The van der Waals surface area contributed by atoms with Crippen LogP contribution in [0, 0.1) is 5.82 Å². The number of aliphatic hydroxyl groups excluding tert-OH is 1. The smallest absolute Gasteiger partial charge is 0.136 e. The van der Waals surface area contributed by atoms with Gasteiger partial charge in [0.15, 0.2) is 0 Å². The molecule has 1 aromatic rings. The number of hydrogen-bond donors (Lipinski definition) is 2. The Balaban J connectivity index is 2.34. The number of nitrogens with one attached hydrogen (secondary N) is 1. The van der Waals surface area contributed by atoms with Crippen LogP contribution in [-0.2, 0) is 0 Å². The second-order valence-corrected chi connectivity index (χ2v) is 5.41. The molecular formula is C13H20FNOS. The SMILES string of the molecule is CC(C)NC(CO)CCSc1ccccc1F. The first kappa shape index (κ1) is 14.5. The monoisotopic (exact) mass is 257 g/mol. The third-order valence-electron chi connectivity index (χ3n) is 2.35. The Hall–Kier alpha value is -0.580. The summed E-state index contributed by atoms with van der Waals surface area (Å²) in [4.78, 5) is 0.675. The Morgan fingerprint density at radius 3 is 2.65 bits per heavy atom. The largest absolute Gasteiger partial charge is 0.395 e. The molecule has 0 radical (unpaired) electrons. The Labute approximate surface area is 107 Å². The minimum absolute atomic E-state index is 0.0919. The zero-order chi connectivity index (χ0) is 12.7. The Morgan fingerprint density at radius 2 is 2.06 bits per heavy atom. The number of halogens is 1. The van der Waals surface area contributed by atoms with Crippen molar-refractivity contribution in [3.8, 4) is 0 Å². The topological polar surface area (TPSA) is 32.3 Å². The van der Waals surface area contributed by atoms with E-state index in [1.807, 2.05) is 19.9 Å². The summed E-state index contributed by atoms with van der Waals surface area (Å²) < 4.78 is 13.3. The van der Waals surface area contributed by atoms with Crippen LogP contribution in [0.2, 0.25) is 0 Å². The molecule has 0 fully saturated rings. The molecule has 1 aromatic carbocycles. The second kappa shape index (κ2) is 7.69. The van der Waals surface area contributed by atoms with Crippen LogP contribution in [-0.4, -0.2) is 29.5 Å². The van der Waals surface area contributed by atoms with E-state index in [2.05, 4.69) is 5.32 Å². The zero-order valence-electron chi connectivity index (χ0n) is 10.3. The van der Waals surface area contributed by atoms with Gasteiger partial charge in [0, 0.05) is 17.0 Å². The van der Waals surface area contributed by atoms with E-state index in [-0.39, 0.29) is 18.5 Å². The number of benzene rings is 1. The fraction of sp³-hybridized carbons (Fsp3) is 0.538. The molecule has 0 aromatic heterocycles. The lowest BCUT2D eigenvalue weighted by molar-refractivity contribution is 0.232. The molecule has 0 aliphatic rings. The molecule has 0 aliphatic heterocycles. The van der Waals surface area contributed by atoms with Crippen molar-refractivity contribution in [2.45, 2.75) is 37.2 Å². The predicted octanol–water partition coefficient (Wildman–Crippen LogP) is 2.67. The predicted molar refractivity (Wildman–Crippen MR) is 70.9 cm³/mol. The molecule has 0 saturated carbocycles. The Morgan fingerprint density at radius 1 is 1.35 bits per heavy atom. The number of thioether (sulfide) groups is 1. The van der Waals surface area contributed by atoms with E-state index < -0.39 is 0 Å². The van der Waals surface area contributed by atoms with E-state index in [4.69, 9.17) is 0 Å². The van der Waals surface area contributed by atoms with Crippen LogP contribution >= 0.6 is 11.8 Å². The van der Waals surface area contributed by atoms with E-state index in [1.165, 1.54) is 17.8 Å². The summed E-state index contributed by atoms with van der Waals surface area (Å²) in [6.07, 6.45) is 0.827. The van der Waals surface area contributed by atoms with Gasteiger partial charge >= 0.3 is 0 Å². The minimum atomic E-state index is -0.171. The van der Waals surface area contributed by atoms with E-state index in [1.54, 1.807) is 12.1 Å². The van der Waals surface area contributed by atoms with Crippen LogP contribution in [0.3, 0.4) is 0 Å². The highest BCUT2D eigenvalue weighted by Crippen LogP contribution is 2.22. The Bertz CT molecular complexity index is 333. The molecule has 0 amide bonds. The summed E-state index contributed by atoms with van der Waals surface area (Å²) in [7, 11) is 0. The van der Waals surface area contributed by atoms with Gasteiger partial charge in [-0.25, -0.2) is 4.39 Å². The summed E-state index contributed by atoms with van der Waals surface area (Å²) in [5.41, 5.74) is 0. The van der Waals surface area contributed by atoms with E-state index in [0.717, 1.165) is 12.2 Å². The van der Waals surface area contributed by atoms with Crippen molar-refractivity contribution in [3.63, 3.8) is 0 Å². The van der Waals surface area contributed by atoms with Gasteiger partial charge in [-0.05, 0) is 24.3 Å². The van der Waals surface area contributed by atoms with E-state index in [0.29, 0.717) is 10.9 Å². The van der Waals surface area contributed by atoms with Crippen molar-refractivity contribution in [2.75, 3.05) is 12.4 Å². The minimum Gasteiger partial charge on any atom is -0.395 e. The average Bonchev–Trinajstić information content (AvgIpc) is 2.29. The van der Waals surface area contributed by atoms with Crippen molar-refractivity contribution >= 4 is 11.8 Å². The maximum atomic E-state index is 13.3. The highest BCUT2D eigenvalue weighted by Gasteiger charge is 2.09. The molecule has 96 valence electrons. The molecule has 1 rings (SSSR count). The molecule has 1 atom stereocenters. The van der Waals surface area contributed by atoms with E-state index in [9.17, 15) is 9.50 Å². The van der Waals surface area contributed by atoms with Crippen LogP contribution in [0.4, 0.5) is 4.39 Å². The molecule has 1 unspecified atom stereocenters. The van der Waals surface area contributed by atoms with Gasteiger partial charge in [0.1, 0.15) is 5.82 Å². The first-order valence-corrected chi connectivity index (χ1v) is 6.86. The summed E-state index contributed by atoms with van der Waals surface area (Å²) in [5.74, 6) is 0.626. The summed E-state index contributed by atoms with van der Waals surface area (Å²) >= 11 is 1.49. The van der Waals surface area contributed by atoms with Crippen molar-refractivity contribution in [1.82, 2.24) is 5.32 Å². The maximum Gasteiger partial charge on any atom is 0.136 e. The molecule has 0 bridgehead atoms. The van der Waals surface area contributed by atoms with Gasteiger partial charge in [-0.2, -0.15) is 0 Å². The first-order chi connectivity index (χ1) is 8.13. The maximum absolute atomic E-state index is 13.3. The normalized spacial score (nSPS) is 13.0. The molecule has 0 aliphatic carbocycles. The summed E-state index contributed by atoms with van der Waals surface area (Å²) in [6.45, 7) is 4.22. The summed E-state index contributed by atoms with van der Waals surface area (Å²) in [5, 5.41) is 12.5. The fourth-order valence-electron chi connectivity index (χ4n) is 1.57. The molecule has 0 spiro atoms. The lowest BCUT2D eigenvalue weighted by Crippen LogP contribution is -2.37. The third-order valence-corrected chi connectivity index (χ3v) is 3.43. The zero-order valence-corrected chi connectivity index (χ0v) is 11.1. The molecule has 4 heteroatoms. The number of aliphatic hydroxyl groups is 1. The Kier molecular flexibility index (Phi) is 6.55. The summed E-state index contributed by atoms with van der Waals surface area (Å²) in [6, 6.07) is 7.22. The van der Waals surface area contributed by atoms with E-state index >= 15 is 0 Å².